The Kier molecular flexibility index (Phi) is 3.07. The molecule has 19 heavy (non-hydrogen) atoms. The maximum atomic E-state index is 11.8. The van der Waals surface area contributed by atoms with Gasteiger partial charge in [-0.25, -0.2) is 9.78 Å². The molecular formula is C15H16N2O2. The third kappa shape index (κ3) is 2.03. The molecule has 0 spiro atoms. The fourth-order valence-corrected chi connectivity index (χ4v) is 2.83. The topological polar surface area (TPSA) is 44.1 Å². The zero-order valence-corrected chi connectivity index (χ0v) is 10.9. The van der Waals surface area contributed by atoms with Crippen molar-refractivity contribution in [3.05, 3.63) is 53.6 Å². The Hall–Kier alpha value is -2.10. The second-order valence-electron chi connectivity index (χ2n) is 4.78. The molecule has 4 nitrogen and oxygen atoms in total. The molecule has 0 unspecified atom stereocenters. The minimum atomic E-state index is -0.333. The van der Waals surface area contributed by atoms with Gasteiger partial charge in [0.25, 0.3) is 0 Å². The molecule has 0 N–H and O–H groups in total. The van der Waals surface area contributed by atoms with Crippen LogP contribution in [0.1, 0.15) is 40.5 Å². The van der Waals surface area contributed by atoms with Crippen LogP contribution in [0.15, 0.2) is 36.8 Å². The summed E-state index contributed by atoms with van der Waals surface area (Å²) in [5, 5.41) is 0. The summed E-state index contributed by atoms with van der Waals surface area (Å²) in [6, 6.07) is 8.60. The van der Waals surface area contributed by atoms with E-state index in [1.54, 1.807) is 12.5 Å². The number of nitrogens with zero attached hydrogens (tertiary/aromatic N) is 2. The first-order chi connectivity index (χ1) is 9.31. The Bertz CT molecular complexity index is 604. The van der Waals surface area contributed by atoms with Crippen molar-refractivity contribution in [1.29, 1.82) is 0 Å². The zero-order chi connectivity index (χ0) is 13.2. The fraction of sp³-hybridized carbons (Fsp3) is 0.333. The van der Waals surface area contributed by atoms with Gasteiger partial charge in [0.2, 0.25) is 0 Å². The first-order valence-corrected chi connectivity index (χ1v) is 6.49. The normalized spacial score (nSPS) is 17.8. The third-order valence-corrected chi connectivity index (χ3v) is 3.73. The Balaban J connectivity index is 2.05. The van der Waals surface area contributed by atoms with Crippen molar-refractivity contribution < 1.29 is 9.53 Å². The predicted molar refractivity (Wildman–Crippen MR) is 71.1 cm³/mol. The fourth-order valence-electron chi connectivity index (χ4n) is 2.83. The number of benzene rings is 1. The predicted octanol–water partition coefficient (Wildman–Crippen LogP) is 2.60. The van der Waals surface area contributed by atoms with Gasteiger partial charge < -0.3 is 9.30 Å². The van der Waals surface area contributed by atoms with Crippen molar-refractivity contribution in [3.63, 3.8) is 0 Å². The van der Waals surface area contributed by atoms with Crippen LogP contribution in [0.25, 0.3) is 0 Å². The lowest BCUT2D eigenvalue weighted by molar-refractivity contribution is 0.0586. The largest absolute Gasteiger partial charge is 0.464 e. The number of ether oxygens (including phenoxy) is 1. The van der Waals surface area contributed by atoms with Crippen LogP contribution in [-0.4, -0.2) is 22.6 Å². The number of fused-ring (bicyclic) bond motifs is 1. The van der Waals surface area contributed by atoms with E-state index in [-0.39, 0.29) is 12.0 Å². The maximum Gasteiger partial charge on any atom is 0.356 e. The highest BCUT2D eigenvalue weighted by Crippen LogP contribution is 2.33. The first-order valence-electron chi connectivity index (χ1n) is 6.49. The molecule has 0 saturated carbocycles. The number of rotatable bonds is 2. The zero-order valence-electron chi connectivity index (χ0n) is 10.9. The second kappa shape index (κ2) is 4.88. The van der Waals surface area contributed by atoms with Gasteiger partial charge in [0.15, 0.2) is 0 Å². The molecule has 0 aliphatic heterocycles. The van der Waals surface area contributed by atoms with Gasteiger partial charge in [0.1, 0.15) is 5.69 Å². The van der Waals surface area contributed by atoms with Gasteiger partial charge in [0, 0.05) is 0 Å². The molecule has 1 atom stereocenters. The number of carbonyl (C=O) groups excluding carboxylic acids is 1. The van der Waals surface area contributed by atoms with Gasteiger partial charge in [-0.15, -0.1) is 0 Å². The number of esters is 1. The summed E-state index contributed by atoms with van der Waals surface area (Å²) in [7, 11) is 1.40. The van der Waals surface area contributed by atoms with Crippen LogP contribution < -0.4 is 0 Å². The molecule has 0 radical (unpaired) electrons. The van der Waals surface area contributed by atoms with Crippen LogP contribution >= 0.6 is 0 Å². The quantitative estimate of drug-likeness (QED) is 0.776. The van der Waals surface area contributed by atoms with Crippen LogP contribution in [0.4, 0.5) is 0 Å². The summed E-state index contributed by atoms with van der Waals surface area (Å²) in [6.45, 7) is 0. The van der Waals surface area contributed by atoms with Crippen molar-refractivity contribution in [2.24, 2.45) is 0 Å². The smallest absolute Gasteiger partial charge is 0.356 e. The highest BCUT2D eigenvalue weighted by Gasteiger charge is 2.25. The molecule has 0 bridgehead atoms. The van der Waals surface area contributed by atoms with E-state index in [0.29, 0.717) is 5.69 Å². The molecule has 4 heteroatoms. The highest BCUT2D eigenvalue weighted by molar-refractivity contribution is 5.87. The van der Waals surface area contributed by atoms with Crippen LogP contribution in [0.3, 0.4) is 0 Å². The average molecular weight is 256 g/mol. The Morgan fingerprint density at radius 1 is 1.42 bits per heavy atom. The SMILES string of the molecule is COC(=O)c1cncn1[C@H]1CCCc2ccccc21. The van der Waals surface area contributed by atoms with E-state index in [4.69, 9.17) is 4.74 Å². The van der Waals surface area contributed by atoms with Crippen LogP contribution in [-0.2, 0) is 11.2 Å². The lowest BCUT2D eigenvalue weighted by atomic mass is 9.87. The Labute approximate surface area is 112 Å². The van der Waals surface area contributed by atoms with E-state index < -0.39 is 0 Å². The van der Waals surface area contributed by atoms with Crippen molar-refractivity contribution >= 4 is 5.97 Å². The van der Waals surface area contributed by atoms with Crippen LogP contribution in [0.5, 0.6) is 0 Å². The van der Waals surface area contributed by atoms with Crippen molar-refractivity contribution in [3.8, 4) is 0 Å². The molecule has 1 aromatic carbocycles. The minimum Gasteiger partial charge on any atom is -0.464 e. The van der Waals surface area contributed by atoms with Gasteiger partial charge in [-0.2, -0.15) is 0 Å². The molecule has 2 aromatic rings. The Morgan fingerprint density at radius 2 is 2.26 bits per heavy atom. The van der Waals surface area contributed by atoms with E-state index in [2.05, 4.69) is 23.2 Å². The van der Waals surface area contributed by atoms with Gasteiger partial charge >= 0.3 is 5.97 Å². The average Bonchev–Trinajstić information content (AvgIpc) is 2.95. The molecule has 0 fully saturated rings. The molecule has 3 rings (SSSR count). The van der Waals surface area contributed by atoms with Crippen molar-refractivity contribution in [2.45, 2.75) is 25.3 Å². The third-order valence-electron chi connectivity index (χ3n) is 3.73. The maximum absolute atomic E-state index is 11.8. The van der Waals surface area contributed by atoms with Gasteiger partial charge in [0.05, 0.1) is 25.7 Å². The summed E-state index contributed by atoms with van der Waals surface area (Å²) in [5.74, 6) is -0.333. The lowest BCUT2D eigenvalue weighted by Crippen LogP contribution is -2.20. The van der Waals surface area contributed by atoms with E-state index >= 15 is 0 Å². The summed E-state index contributed by atoms with van der Waals surface area (Å²) >= 11 is 0. The van der Waals surface area contributed by atoms with Crippen molar-refractivity contribution in [2.75, 3.05) is 7.11 Å². The highest BCUT2D eigenvalue weighted by atomic mass is 16.5. The first kappa shape index (κ1) is 12.0. The standard InChI is InChI=1S/C15H16N2O2/c1-19-15(18)14-9-16-10-17(14)13-8-4-6-11-5-2-3-7-12(11)13/h2-3,5,7,9-10,13H,4,6,8H2,1H3/t13-/m0/s1. The number of carbonyl (C=O) groups is 1. The number of aryl methyl sites for hydroxylation is 1. The van der Waals surface area contributed by atoms with Gasteiger partial charge in [-0.05, 0) is 30.4 Å². The summed E-state index contributed by atoms with van der Waals surface area (Å²) in [6.07, 6.45) is 6.55. The summed E-state index contributed by atoms with van der Waals surface area (Å²) in [5.41, 5.74) is 3.17. The minimum absolute atomic E-state index is 0.182. The molecule has 98 valence electrons. The van der Waals surface area contributed by atoms with E-state index in [9.17, 15) is 4.79 Å². The van der Waals surface area contributed by atoms with E-state index in [1.807, 2.05) is 10.6 Å². The second-order valence-corrected chi connectivity index (χ2v) is 4.78. The summed E-state index contributed by atoms with van der Waals surface area (Å²) in [4.78, 5) is 15.9. The van der Waals surface area contributed by atoms with Crippen molar-refractivity contribution in [1.82, 2.24) is 9.55 Å². The van der Waals surface area contributed by atoms with Crippen LogP contribution in [0.2, 0.25) is 0 Å². The van der Waals surface area contributed by atoms with Gasteiger partial charge in [-0.1, -0.05) is 24.3 Å². The molecule has 1 heterocycles. The molecule has 0 saturated heterocycles. The number of imidazole rings is 1. The molecule has 1 aliphatic rings. The summed E-state index contributed by atoms with van der Waals surface area (Å²) < 4.78 is 6.75. The number of hydrogen-bond donors (Lipinski definition) is 0. The van der Waals surface area contributed by atoms with E-state index in [1.165, 1.54) is 18.2 Å². The number of hydrogen-bond acceptors (Lipinski definition) is 3. The van der Waals surface area contributed by atoms with Gasteiger partial charge in [-0.3, -0.25) is 0 Å². The number of aromatic nitrogens is 2. The molecule has 1 aliphatic carbocycles. The van der Waals surface area contributed by atoms with Crippen LogP contribution in [0, 0.1) is 0 Å². The molecular weight excluding hydrogens is 240 g/mol. The number of methoxy groups -OCH3 is 1. The molecule has 0 amide bonds. The molecule has 1 aromatic heterocycles. The Morgan fingerprint density at radius 3 is 3.11 bits per heavy atom. The van der Waals surface area contributed by atoms with E-state index in [0.717, 1.165) is 19.3 Å². The monoisotopic (exact) mass is 256 g/mol. The lowest BCUT2D eigenvalue weighted by Gasteiger charge is -2.27.